The Morgan fingerprint density at radius 3 is 2.14 bits per heavy atom. The van der Waals surface area contributed by atoms with Crippen molar-refractivity contribution in [3.63, 3.8) is 0 Å². The molecule has 0 aliphatic carbocycles. The number of Topliss-reactive ketones (excluding diaryl/α,β-unsaturated/α-hetero) is 1. The largest absolute Gasteiger partial charge is 0.365 e. The number of nitrogens with one attached hydrogen (secondary N) is 1. The number of allylic oxidation sites excluding steroid dienone is 8. The Balaban J connectivity index is 0.849. The normalized spacial score (nSPS) is 21.9. The van der Waals surface area contributed by atoms with Gasteiger partial charge in [-0.2, -0.15) is 13.0 Å². The van der Waals surface area contributed by atoms with Crippen LogP contribution in [0.15, 0.2) is 120 Å². The highest BCUT2D eigenvalue weighted by molar-refractivity contribution is 7.89. The first-order valence-electron chi connectivity index (χ1n) is 25.1. The number of hydrogen-bond acceptors (Lipinski definition) is 8. The Morgan fingerprint density at radius 2 is 1.46 bits per heavy atom. The predicted molar refractivity (Wildman–Crippen MR) is 283 cm³/mol. The second-order valence-corrected chi connectivity index (χ2v) is 24.8. The average molecular weight is 1030 g/mol. The number of nitrogens with zero attached hydrogens (tertiary/aromatic N) is 5. The van der Waals surface area contributed by atoms with Crippen molar-refractivity contribution in [2.75, 3.05) is 96.7 Å². The first kappa shape index (κ1) is 54.2. The van der Waals surface area contributed by atoms with Crippen molar-refractivity contribution in [2.24, 2.45) is 5.73 Å². The van der Waals surface area contributed by atoms with Gasteiger partial charge in [0.25, 0.3) is 16.0 Å². The van der Waals surface area contributed by atoms with Crippen LogP contribution < -0.4 is 16.0 Å². The number of anilines is 1. The van der Waals surface area contributed by atoms with E-state index >= 15 is 0 Å². The molecule has 0 spiro atoms. The maximum Gasteiger partial charge on any atom is 0.272 e. The van der Waals surface area contributed by atoms with Gasteiger partial charge in [0.05, 0.1) is 29.2 Å². The maximum atomic E-state index is 13.8. The molecular formula is C55H74N7O8S2+3. The van der Waals surface area contributed by atoms with Gasteiger partial charge >= 0.3 is 0 Å². The third kappa shape index (κ3) is 12.4. The molecule has 15 nitrogen and oxygen atoms in total. The number of quaternary nitrogens is 2. The fourth-order valence-corrected chi connectivity index (χ4v) is 12.9. The molecule has 3 aromatic rings. The van der Waals surface area contributed by atoms with Gasteiger partial charge in [0, 0.05) is 73.9 Å². The van der Waals surface area contributed by atoms with Gasteiger partial charge in [-0.3, -0.25) is 18.9 Å². The molecule has 3 aromatic carbocycles. The summed E-state index contributed by atoms with van der Waals surface area (Å²) in [6.45, 7) is 16.6. The van der Waals surface area contributed by atoms with Crippen molar-refractivity contribution in [1.82, 2.24) is 9.62 Å². The van der Waals surface area contributed by atoms with E-state index in [1.807, 2.05) is 86.0 Å². The summed E-state index contributed by atoms with van der Waals surface area (Å²) in [6.07, 6.45) is 15.6. The molecule has 386 valence electrons. The molecule has 0 radical (unpaired) electrons. The molecule has 72 heavy (non-hydrogen) atoms. The summed E-state index contributed by atoms with van der Waals surface area (Å²) in [5.74, 6) is -0.932. The van der Waals surface area contributed by atoms with Crippen molar-refractivity contribution in [3.8, 4) is 0 Å². The van der Waals surface area contributed by atoms with Crippen LogP contribution in [0.2, 0.25) is 0 Å². The smallest absolute Gasteiger partial charge is 0.272 e. The van der Waals surface area contributed by atoms with Crippen molar-refractivity contribution < 1.29 is 49.3 Å². The van der Waals surface area contributed by atoms with E-state index in [1.165, 1.54) is 16.9 Å². The van der Waals surface area contributed by atoms with Crippen molar-refractivity contribution in [1.29, 1.82) is 0 Å². The summed E-state index contributed by atoms with van der Waals surface area (Å²) in [4.78, 5) is 39.4. The number of carbonyl (C=O) groups excluding carboxylic acids is 3. The van der Waals surface area contributed by atoms with E-state index in [2.05, 4.69) is 60.7 Å². The number of benzene rings is 3. The number of ketones is 1. The van der Waals surface area contributed by atoms with E-state index in [0.717, 1.165) is 101 Å². The number of para-hydroxylation sites is 1. The van der Waals surface area contributed by atoms with Gasteiger partial charge in [0.15, 0.2) is 18.0 Å². The Kier molecular flexibility index (Phi) is 16.5. The lowest BCUT2D eigenvalue weighted by Crippen LogP contribution is -2.76. The second kappa shape index (κ2) is 21.9. The average Bonchev–Trinajstić information content (AvgIpc) is 3.66. The number of rotatable bonds is 23. The van der Waals surface area contributed by atoms with Gasteiger partial charge in [0.2, 0.25) is 21.6 Å². The standard InChI is InChI=1S/C55H71N7O8S2/c1-54(2)46-16-12-13-17-49(46)60(29-15-37-71(66,67)68)51(54)19-11-9-7-8-10-18-50-55(3,4)47-39-45(25-26-48(47)59(50)6)72(69,70)58(5)28-14-20-53(65)57-40-44(63)38-43-23-21-42(22-24-43)27-30-61-31-34-62(35-32-61,36-33-61)41-52(56)64/h7-13,16-19,21-26,39H,14-15,20,27-38,40-41H2,1-6H3,(H-3,56,57,64,65,66,67,68)/p+3. The topological polar surface area (TPSA) is 187 Å². The van der Waals surface area contributed by atoms with Crippen molar-refractivity contribution >= 4 is 54.8 Å². The third-order valence-electron chi connectivity index (χ3n) is 15.5. The molecule has 5 aliphatic rings. The molecule has 5 aliphatic heterocycles. The van der Waals surface area contributed by atoms with Crippen molar-refractivity contribution in [3.05, 3.63) is 137 Å². The molecule has 5 heterocycles. The van der Waals surface area contributed by atoms with Crippen LogP contribution in [0.4, 0.5) is 11.4 Å². The van der Waals surface area contributed by atoms with E-state index in [4.69, 9.17) is 5.73 Å². The first-order valence-corrected chi connectivity index (χ1v) is 28.1. The Bertz CT molecular complexity index is 2910. The van der Waals surface area contributed by atoms with E-state index in [1.54, 1.807) is 12.1 Å². The van der Waals surface area contributed by atoms with Crippen molar-refractivity contribution in [2.45, 2.75) is 75.5 Å². The molecule has 3 saturated heterocycles. The van der Waals surface area contributed by atoms with Gasteiger partial charge in [0.1, 0.15) is 46.3 Å². The summed E-state index contributed by atoms with van der Waals surface area (Å²) in [7, 11) is -4.45. The van der Waals surface area contributed by atoms with E-state index in [0.29, 0.717) is 13.1 Å². The molecule has 3 fully saturated rings. The number of fused-ring (bicyclic) bond motifs is 5. The molecule has 8 rings (SSSR count). The molecule has 2 amide bonds. The highest BCUT2D eigenvalue weighted by atomic mass is 32.2. The first-order chi connectivity index (χ1) is 34.0. The van der Waals surface area contributed by atoms with Crippen LogP contribution in [0, 0.1) is 0 Å². The van der Waals surface area contributed by atoms with Crippen LogP contribution in [-0.2, 0) is 58.2 Å². The quantitative estimate of drug-likeness (QED) is 0.0488. The molecule has 0 saturated carbocycles. The molecule has 2 bridgehead atoms. The zero-order valence-corrected chi connectivity index (χ0v) is 44.5. The number of piperazine rings is 3. The summed E-state index contributed by atoms with van der Waals surface area (Å²) < 4.78 is 65.1. The summed E-state index contributed by atoms with van der Waals surface area (Å²) >= 11 is 0. The van der Waals surface area contributed by atoms with Gasteiger partial charge < -0.3 is 24.9 Å². The van der Waals surface area contributed by atoms with Gasteiger partial charge in [-0.25, -0.2) is 12.7 Å². The Morgan fingerprint density at radius 1 is 0.819 bits per heavy atom. The van der Waals surface area contributed by atoms with Crippen LogP contribution in [0.3, 0.4) is 0 Å². The Labute approximate surface area is 427 Å². The zero-order valence-electron chi connectivity index (χ0n) is 42.8. The molecule has 0 aromatic heterocycles. The van der Waals surface area contributed by atoms with E-state index < -0.39 is 25.6 Å². The fraction of sp³-hybridized carbons (Fsp3) is 0.455. The second-order valence-electron chi connectivity index (χ2n) is 21.2. The number of carbonyl (C=O) groups is 3. The summed E-state index contributed by atoms with van der Waals surface area (Å²) in [6, 6.07) is 21.4. The Hall–Kier alpha value is -5.56. The number of primary amides is 1. The van der Waals surface area contributed by atoms with Crippen LogP contribution in [-0.4, -0.2) is 154 Å². The fourth-order valence-electron chi connectivity index (χ4n) is 11.1. The number of amides is 2. The maximum absolute atomic E-state index is 13.8. The monoisotopic (exact) mass is 1020 g/mol. The van der Waals surface area contributed by atoms with Crippen LogP contribution in [0.5, 0.6) is 0 Å². The van der Waals surface area contributed by atoms with E-state index in [9.17, 15) is 35.8 Å². The molecule has 4 N–H and O–H groups in total. The van der Waals surface area contributed by atoms with Crippen LogP contribution >= 0.6 is 0 Å². The third-order valence-corrected chi connectivity index (χ3v) is 18.2. The minimum Gasteiger partial charge on any atom is -0.365 e. The lowest BCUT2D eigenvalue weighted by molar-refractivity contribution is -1.08. The SMILES string of the molecule is CN(CCCC(=O)NCC(=O)Cc1ccc(CC[N+]23CC[N+](CC(N)=O)(CC2)CC3)cc1)S(=O)(=O)c1ccc2c(c1)C(C)(C)C(/C=C/C=C/C=C/C=C1/N(CCCS(=O)(=O)O)c3ccccc3C1(C)C)=[N+]2C. The molecule has 0 atom stereocenters. The summed E-state index contributed by atoms with van der Waals surface area (Å²) in [5.41, 5.74) is 12.8. The highest BCUT2D eigenvalue weighted by Gasteiger charge is 2.49. The molecular weight excluding hydrogens is 951 g/mol. The number of nitrogens with two attached hydrogens (primary N) is 1. The lowest BCUT2D eigenvalue weighted by Gasteiger charge is -2.55. The lowest BCUT2D eigenvalue weighted by atomic mass is 9.81. The van der Waals surface area contributed by atoms with Gasteiger partial charge in [-0.15, -0.1) is 0 Å². The zero-order chi connectivity index (χ0) is 52.1. The minimum absolute atomic E-state index is 0.0786. The highest BCUT2D eigenvalue weighted by Crippen LogP contribution is 2.47. The minimum atomic E-state index is -4.06. The predicted octanol–water partition coefficient (Wildman–Crippen LogP) is 5.34. The number of hydrogen-bond donors (Lipinski definition) is 3. The summed E-state index contributed by atoms with van der Waals surface area (Å²) in [5, 5.41) is 2.71. The van der Waals surface area contributed by atoms with Gasteiger partial charge in [-0.05, 0) is 67.7 Å². The van der Waals surface area contributed by atoms with E-state index in [-0.39, 0.29) is 72.4 Å². The molecule has 17 heteroatoms. The molecule has 0 unspecified atom stereocenters. The van der Waals surface area contributed by atoms with Gasteiger partial charge in [-0.1, -0.05) is 86.7 Å². The number of sulfonamides is 1. The van der Waals surface area contributed by atoms with Crippen LogP contribution in [0.1, 0.15) is 69.2 Å². The van der Waals surface area contributed by atoms with Crippen LogP contribution in [0.25, 0.3) is 0 Å².